The fourth-order valence-corrected chi connectivity index (χ4v) is 2.56. The number of rotatable bonds is 1. The Balaban J connectivity index is 2.32. The first-order chi connectivity index (χ1) is 7.51. The van der Waals surface area contributed by atoms with Gasteiger partial charge in [-0.2, -0.15) is 0 Å². The molecule has 2 nitrogen and oxygen atoms in total. The molecule has 16 heavy (non-hydrogen) atoms. The van der Waals surface area contributed by atoms with E-state index in [2.05, 4.69) is 44.0 Å². The van der Waals surface area contributed by atoms with Crippen LogP contribution in [0, 0.1) is 13.8 Å². The first kappa shape index (κ1) is 11.6. The molecule has 0 aliphatic carbocycles. The summed E-state index contributed by atoms with van der Waals surface area (Å²) in [4.78, 5) is 2.36. The average molecular weight is 218 g/mol. The number of nitrogens with two attached hydrogens (primary N) is 1. The van der Waals surface area contributed by atoms with Crippen LogP contribution in [0.15, 0.2) is 18.2 Å². The van der Waals surface area contributed by atoms with E-state index in [0.717, 1.165) is 25.9 Å². The summed E-state index contributed by atoms with van der Waals surface area (Å²) >= 11 is 0. The average Bonchev–Trinajstić information content (AvgIpc) is 2.26. The maximum atomic E-state index is 6.59. The lowest BCUT2D eigenvalue weighted by molar-refractivity contribution is 0.191. The van der Waals surface area contributed by atoms with Crippen molar-refractivity contribution in [3.8, 4) is 0 Å². The molecule has 0 unspecified atom stereocenters. The number of nitrogens with zero attached hydrogens (tertiary/aromatic N) is 1. The van der Waals surface area contributed by atoms with Gasteiger partial charge in [0.05, 0.1) is 0 Å². The molecule has 0 amide bonds. The molecule has 1 aliphatic rings. The van der Waals surface area contributed by atoms with E-state index >= 15 is 0 Å². The molecule has 88 valence electrons. The zero-order valence-electron chi connectivity index (χ0n) is 10.6. The third-order valence-electron chi connectivity index (χ3n) is 3.81. The summed E-state index contributed by atoms with van der Waals surface area (Å²) in [5, 5.41) is 0. The van der Waals surface area contributed by atoms with Gasteiger partial charge >= 0.3 is 0 Å². The summed E-state index contributed by atoms with van der Waals surface area (Å²) in [5.41, 5.74) is 10.5. The Morgan fingerprint density at radius 3 is 2.44 bits per heavy atom. The molecule has 1 heterocycles. The fourth-order valence-electron chi connectivity index (χ4n) is 2.56. The van der Waals surface area contributed by atoms with E-state index in [-0.39, 0.29) is 5.54 Å². The number of aryl methyl sites for hydroxylation is 2. The lowest BCUT2D eigenvalue weighted by Gasteiger charge is -2.39. The van der Waals surface area contributed by atoms with Crippen molar-refractivity contribution >= 4 is 0 Å². The summed E-state index contributed by atoms with van der Waals surface area (Å²) in [6.45, 7) is 6.51. The third kappa shape index (κ3) is 2.13. The molecule has 2 N–H and O–H groups in total. The van der Waals surface area contributed by atoms with Crippen molar-refractivity contribution in [2.45, 2.75) is 32.2 Å². The van der Waals surface area contributed by atoms with Crippen molar-refractivity contribution in [2.75, 3.05) is 20.1 Å². The van der Waals surface area contributed by atoms with Gasteiger partial charge in [0.25, 0.3) is 0 Å². The van der Waals surface area contributed by atoms with Crippen molar-refractivity contribution in [2.24, 2.45) is 5.73 Å². The number of likely N-dealkylation sites (tertiary alicyclic amines) is 1. The summed E-state index contributed by atoms with van der Waals surface area (Å²) < 4.78 is 0. The standard InChI is InChI=1S/C14H22N2/c1-11-4-5-12(2)13(10-11)14(15)6-8-16(3)9-7-14/h4-5,10H,6-9,15H2,1-3H3. The first-order valence-electron chi connectivity index (χ1n) is 6.06. The van der Waals surface area contributed by atoms with Crippen LogP contribution >= 0.6 is 0 Å². The Morgan fingerprint density at radius 1 is 1.19 bits per heavy atom. The number of hydrogen-bond donors (Lipinski definition) is 1. The molecule has 0 spiro atoms. The molecule has 2 rings (SSSR count). The summed E-state index contributed by atoms with van der Waals surface area (Å²) in [6.07, 6.45) is 2.13. The smallest absolute Gasteiger partial charge is 0.0436 e. The second-order valence-electron chi connectivity index (χ2n) is 5.28. The topological polar surface area (TPSA) is 29.3 Å². The van der Waals surface area contributed by atoms with Crippen LogP contribution in [0.1, 0.15) is 29.5 Å². The summed E-state index contributed by atoms with van der Waals surface area (Å²) in [6, 6.07) is 6.62. The largest absolute Gasteiger partial charge is 0.321 e. The van der Waals surface area contributed by atoms with Gasteiger partial charge < -0.3 is 10.6 Å². The van der Waals surface area contributed by atoms with Gasteiger partial charge in [0.2, 0.25) is 0 Å². The molecule has 1 aromatic carbocycles. The Hall–Kier alpha value is -0.860. The molecule has 0 aromatic heterocycles. The third-order valence-corrected chi connectivity index (χ3v) is 3.81. The number of benzene rings is 1. The molecule has 1 aromatic rings. The van der Waals surface area contributed by atoms with Crippen molar-refractivity contribution in [1.82, 2.24) is 4.90 Å². The zero-order chi connectivity index (χ0) is 11.8. The normalized spacial score (nSPS) is 21.0. The highest BCUT2D eigenvalue weighted by Gasteiger charge is 2.32. The van der Waals surface area contributed by atoms with Crippen LogP contribution in [-0.4, -0.2) is 25.0 Å². The second-order valence-corrected chi connectivity index (χ2v) is 5.28. The molecule has 0 radical (unpaired) electrons. The maximum absolute atomic E-state index is 6.59. The van der Waals surface area contributed by atoms with E-state index < -0.39 is 0 Å². The Labute approximate surface area is 98.4 Å². The Bertz CT molecular complexity index is 376. The lowest BCUT2D eigenvalue weighted by atomic mass is 9.79. The van der Waals surface area contributed by atoms with Crippen LogP contribution < -0.4 is 5.73 Å². The molecule has 1 aliphatic heterocycles. The molecule has 2 heteroatoms. The van der Waals surface area contributed by atoms with E-state index in [0.29, 0.717) is 0 Å². The van der Waals surface area contributed by atoms with Gasteiger partial charge in [-0.3, -0.25) is 0 Å². The lowest BCUT2D eigenvalue weighted by Crippen LogP contribution is -2.47. The second kappa shape index (κ2) is 4.19. The fraction of sp³-hybridized carbons (Fsp3) is 0.571. The predicted molar refractivity (Wildman–Crippen MR) is 68.5 cm³/mol. The summed E-state index contributed by atoms with van der Waals surface area (Å²) in [7, 11) is 2.17. The minimum absolute atomic E-state index is 0.109. The Kier molecular flexibility index (Phi) is 3.04. The van der Waals surface area contributed by atoms with Gasteiger partial charge in [0, 0.05) is 5.54 Å². The van der Waals surface area contributed by atoms with Gasteiger partial charge in [-0.1, -0.05) is 23.8 Å². The highest BCUT2D eigenvalue weighted by atomic mass is 15.1. The van der Waals surface area contributed by atoms with Crippen LogP contribution in [0.2, 0.25) is 0 Å². The molecule has 1 fully saturated rings. The SMILES string of the molecule is Cc1ccc(C)c(C2(N)CCN(C)CC2)c1. The van der Waals surface area contributed by atoms with E-state index in [1.54, 1.807) is 0 Å². The first-order valence-corrected chi connectivity index (χ1v) is 6.06. The zero-order valence-corrected chi connectivity index (χ0v) is 10.6. The van der Waals surface area contributed by atoms with Gasteiger partial charge in [0.15, 0.2) is 0 Å². The van der Waals surface area contributed by atoms with Crippen LogP contribution in [0.4, 0.5) is 0 Å². The van der Waals surface area contributed by atoms with Crippen molar-refractivity contribution in [1.29, 1.82) is 0 Å². The molecule has 1 saturated heterocycles. The van der Waals surface area contributed by atoms with E-state index in [1.165, 1.54) is 16.7 Å². The van der Waals surface area contributed by atoms with Crippen LogP contribution in [-0.2, 0) is 5.54 Å². The molecule has 0 atom stereocenters. The number of piperidine rings is 1. The Morgan fingerprint density at radius 2 is 1.81 bits per heavy atom. The van der Waals surface area contributed by atoms with Gasteiger partial charge in [-0.15, -0.1) is 0 Å². The van der Waals surface area contributed by atoms with Crippen molar-refractivity contribution in [3.05, 3.63) is 34.9 Å². The monoisotopic (exact) mass is 218 g/mol. The van der Waals surface area contributed by atoms with Crippen molar-refractivity contribution < 1.29 is 0 Å². The van der Waals surface area contributed by atoms with E-state index in [1.807, 2.05) is 0 Å². The number of hydrogen-bond acceptors (Lipinski definition) is 2. The van der Waals surface area contributed by atoms with Gasteiger partial charge in [-0.05, 0) is 58.0 Å². The minimum Gasteiger partial charge on any atom is -0.321 e. The molecule has 0 bridgehead atoms. The van der Waals surface area contributed by atoms with Crippen LogP contribution in [0.25, 0.3) is 0 Å². The van der Waals surface area contributed by atoms with Crippen LogP contribution in [0.3, 0.4) is 0 Å². The van der Waals surface area contributed by atoms with Crippen LogP contribution in [0.5, 0.6) is 0 Å². The van der Waals surface area contributed by atoms with Crippen molar-refractivity contribution in [3.63, 3.8) is 0 Å². The van der Waals surface area contributed by atoms with E-state index in [9.17, 15) is 0 Å². The van der Waals surface area contributed by atoms with Gasteiger partial charge in [-0.25, -0.2) is 0 Å². The quantitative estimate of drug-likeness (QED) is 0.783. The molecular formula is C14H22N2. The minimum atomic E-state index is -0.109. The van der Waals surface area contributed by atoms with E-state index in [4.69, 9.17) is 5.73 Å². The summed E-state index contributed by atoms with van der Waals surface area (Å²) in [5.74, 6) is 0. The predicted octanol–water partition coefficient (Wildman–Crippen LogP) is 2.18. The highest BCUT2D eigenvalue weighted by Crippen LogP contribution is 2.32. The molecular weight excluding hydrogens is 196 g/mol. The maximum Gasteiger partial charge on any atom is 0.0436 e. The van der Waals surface area contributed by atoms with Gasteiger partial charge in [0.1, 0.15) is 0 Å². The molecule has 0 saturated carbocycles. The highest BCUT2D eigenvalue weighted by molar-refractivity contribution is 5.36.